The third-order valence-corrected chi connectivity index (χ3v) is 6.35. The fourth-order valence-electron chi connectivity index (χ4n) is 3.11. The summed E-state index contributed by atoms with van der Waals surface area (Å²) in [4.78, 5) is 14.4. The van der Waals surface area contributed by atoms with E-state index in [1.54, 1.807) is 29.2 Å². The lowest BCUT2D eigenvalue weighted by Gasteiger charge is -2.34. The van der Waals surface area contributed by atoms with Gasteiger partial charge >= 0.3 is 0 Å². The average Bonchev–Trinajstić information content (AvgIpc) is 3.32. The number of amides is 1. The fraction of sp³-hybridized carbons (Fsp3) is 0.588. The maximum atomic E-state index is 12.4. The van der Waals surface area contributed by atoms with Gasteiger partial charge in [0.05, 0.1) is 10.4 Å². The van der Waals surface area contributed by atoms with Crippen LogP contribution in [0.3, 0.4) is 0 Å². The predicted octanol–water partition coefficient (Wildman–Crippen LogP) is 1.43. The van der Waals surface area contributed by atoms with Crippen LogP contribution in [-0.4, -0.2) is 44.4 Å². The molecule has 0 aromatic heterocycles. The molecular formula is C17H26ClN3O3S. The van der Waals surface area contributed by atoms with E-state index in [0.29, 0.717) is 13.1 Å². The lowest BCUT2D eigenvalue weighted by atomic mass is 9.97. The van der Waals surface area contributed by atoms with Gasteiger partial charge in [-0.1, -0.05) is 17.7 Å². The van der Waals surface area contributed by atoms with E-state index >= 15 is 0 Å². The SMILES string of the molecule is Cc1ccc(S(=O)(=O)NCC2CCCN(C(=O)C3(N)CC3)C2)cc1.Cl. The van der Waals surface area contributed by atoms with Crippen LogP contribution in [0.25, 0.3) is 0 Å². The lowest BCUT2D eigenvalue weighted by molar-refractivity contribution is -0.135. The molecule has 140 valence electrons. The summed E-state index contributed by atoms with van der Waals surface area (Å²) in [7, 11) is -3.51. The normalized spacial score (nSPS) is 22.2. The van der Waals surface area contributed by atoms with Crippen molar-refractivity contribution in [3.05, 3.63) is 29.8 Å². The number of likely N-dealkylation sites (tertiary alicyclic amines) is 1. The zero-order valence-corrected chi connectivity index (χ0v) is 16.0. The van der Waals surface area contributed by atoms with Crippen molar-refractivity contribution >= 4 is 28.3 Å². The second-order valence-electron chi connectivity index (χ2n) is 7.08. The Labute approximate surface area is 155 Å². The van der Waals surface area contributed by atoms with Gasteiger partial charge in [-0.2, -0.15) is 0 Å². The number of nitrogens with two attached hydrogens (primary N) is 1. The van der Waals surface area contributed by atoms with E-state index in [9.17, 15) is 13.2 Å². The fourth-order valence-corrected chi connectivity index (χ4v) is 4.22. The van der Waals surface area contributed by atoms with Crippen molar-refractivity contribution in [2.24, 2.45) is 11.7 Å². The number of benzene rings is 1. The number of piperidine rings is 1. The molecule has 1 aromatic rings. The second kappa shape index (κ2) is 7.61. The number of hydrogen-bond donors (Lipinski definition) is 2. The van der Waals surface area contributed by atoms with Crippen LogP contribution in [-0.2, 0) is 14.8 Å². The van der Waals surface area contributed by atoms with Crippen molar-refractivity contribution in [1.29, 1.82) is 0 Å². The molecule has 25 heavy (non-hydrogen) atoms. The van der Waals surface area contributed by atoms with E-state index in [4.69, 9.17) is 5.73 Å². The highest BCUT2D eigenvalue weighted by atomic mass is 35.5. The highest BCUT2D eigenvalue weighted by Gasteiger charge is 2.48. The van der Waals surface area contributed by atoms with Crippen molar-refractivity contribution in [2.75, 3.05) is 19.6 Å². The number of nitrogens with one attached hydrogen (secondary N) is 1. The number of nitrogens with zero attached hydrogens (tertiary/aromatic N) is 1. The molecule has 1 saturated carbocycles. The summed E-state index contributed by atoms with van der Waals surface area (Å²) in [5.74, 6) is 0.152. The highest BCUT2D eigenvalue weighted by molar-refractivity contribution is 7.89. The molecule has 3 rings (SSSR count). The molecule has 1 unspecified atom stereocenters. The molecule has 0 spiro atoms. The molecular weight excluding hydrogens is 362 g/mol. The van der Waals surface area contributed by atoms with Crippen LogP contribution in [0.4, 0.5) is 0 Å². The molecule has 8 heteroatoms. The van der Waals surface area contributed by atoms with Crippen LogP contribution in [0, 0.1) is 12.8 Å². The molecule has 1 amide bonds. The van der Waals surface area contributed by atoms with Crippen LogP contribution in [0.2, 0.25) is 0 Å². The second-order valence-corrected chi connectivity index (χ2v) is 8.85. The first-order valence-electron chi connectivity index (χ1n) is 8.45. The topological polar surface area (TPSA) is 92.5 Å². The smallest absolute Gasteiger partial charge is 0.242 e. The van der Waals surface area contributed by atoms with Gasteiger partial charge in [-0.15, -0.1) is 12.4 Å². The van der Waals surface area contributed by atoms with Crippen LogP contribution in [0.1, 0.15) is 31.2 Å². The third-order valence-electron chi connectivity index (χ3n) is 4.91. The molecule has 0 bridgehead atoms. The zero-order valence-electron chi connectivity index (χ0n) is 14.4. The van der Waals surface area contributed by atoms with Crippen LogP contribution in [0.15, 0.2) is 29.2 Å². The Kier molecular flexibility index (Phi) is 6.14. The van der Waals surface area contributed by atoms with Gasteiger partial charge in [0, 0.05) is 19.6 Å². The summed E-state index contributed by atoms with van der Waals surface area (Å²) in [5, 5.41) is 0. The summed E-state index contributed by atoms with van der Waals surface area (Å²) in [6.45, 7) is 3.56. The van der Waals surface area contributed by atoms with Crippen molar-refractivity contribution in [1.82, 2.24) is 9.62 Å². The average molecular weight is 388 g/mol. The standard InChI is InChI=1S/C17H25N3O3S.ClH/c1-13-4-6-15(7-5-13)24(22,23)19-11-14-3-2-10-20(12-14)16(21)17(18)8-9-17;/h4-7,14,19H,2-3,8-12,18H2,1H3;1H. The number of halogens is 1. The van der Waals surface area contributed by atoms with E-state index in [2.05, 4.69) is 4.72 Å². The maximum absolute atomic E-state index is 12.4. The Balaban J connectivity index is 0.00000225. The minimum atomic E-state index is -3.51. The Morgan fingerprint density at radius 2 is 1.96 bits per heavy atom. The quantitative estimate of drug-likeness (QED) is 0.799. The van der Waals surface area contributed by atoms with E-state index in [0.717, 1.165) is 37.8 Å². The summed E-state index contributed by atoms with van der Waals surface area (Å²) < 4.78 is 27.4. The van der Waals surface area contributed by atoms with Gasteiger partial charge in [-0.25, -0.2) is 13.1 Å². The first-order valence-corrected chi connectivity index (χ1v) is 9.93. The summed E-state index contributed by atoms with van der Waals surface area (Å²) in [6, 6.07) is 6.79. The van der Waals surface area contributed by atoms with Crippen molar-refractivity contribution in [3.63, 3.8) is 0 Å². The number of hydrogen-bond acceptors (Lipinski definition) is 4. The first-order chi connectivity index (χ1) is 11.3. The molecule has 3 N–H and O–H groups in total. The minimum absolute atomic E-state index is 0. The van der Waals surface area contributed by atoms with Gasteiger partial charge < -0.3 is 10.6 Å². The minimum Gasteiger partial charge on any atom is -0.341 e. The van der Waals surface area contributed by atoms with Gasteiger partial charge in [-0.05, 0) is 50.7 Å². The molecule has 2 aliphatic rings. The molecule has 1 aromatic carbocycles. The van der Waals surface area contributed by atoms with Gasteiger partial charge in [0.15, 0.2) is 0 Å². The Hall–Kier alpha value is -1.15. The summed E-state index contributed by atoms with van der Waals surface area (Å²) in [5.41, 5.74) is 6.37. The molecule has 1 aliphatic carbocycles. The van der Waals surface area contributed by atoms with Crippen molar-refractivity contribution in [2.45, 2.75) is 43.0 Å². The van der Waals surface area contributed by atoms with E-state index in [1.807, 2.05) is 6.92 Å². The molecule has 2 fully saturated rings. The molecule has 1 atom stereocenters. The number of rotatable bonds is 5. The third kappa shape index (κ3) is 4.73. The Morgan fingerprint density at radius 1 is 1.32 bits per heavy atom. The first kappa shape index (κ1) is 20.2. The highest BCUT2D eigenvalue weighted by Crippen LogP contribution is 2.35. The molecule has 1 heterocycles. The monoisotopic (exact) mass is 387 g/mol. The Morgan fingerprint density at radius 3 is 2.56 bits per heavy atom. The lowest BCUT2D eigenvalue weighted by Crippen LogP contribution is -2.50. The summed E-state index contributed by atoms with van der Waals surface area (Å²) >= 11 is 0. The van der Waals surface area contributed by atoms with Gasteiger partial charge in [0.25, 0.3) is 0 Å². The van der Waals surface area contributed by atoms with Crippen LogP contribution >= 0.6 is 12.4 Å². The van der Waals surface area contributed by atoms with E-state index in [-0.39, 0.29) is 29.1 Å². The molecule has 6 nitrogen and oxygen atoms in total. The number of aryl methyl sites for hydroxylation is 1. The van der Waals surface area contributed by atoms with Crippen molar-refractivity contribution in [3.8, 4) is 0 Å². The van der Waals surface area contributed by atoms with Gasteiger partial charge in [-0.3, -0.25) is 4.79 Å². The zero-order chi connectivity index (χ0) is 17.4. The number of carbonyl (C=O) groups excluding carboxylic acids is 1. The Bertz CT molecular complexity index is 717. The molecule has 1 saturated heterocycles. The summed E-state index contributed by atoms with van der Waals surface area (Å²) in [6.07, 6.45) is 3.32. The maximum Gasteiger partial charge on any atom is 0.242 e. The molecule has 0 radical (unpaired) electrons. The predicted molar refractivity (Wildman–Crippen MR) is 99.1 cm³/mol. The van der Waals surface area contributed by atoms with Gasteiger partial charge in [0.2, 0.25) is 15.9 Å². The number of carbonyl (C=O) groups is 1. The molecule has 1 aliphatic heterocycles. The van der Waals surface area contributed by atoms with E-state index < -0.39 is 15.6 Å². The van der Waals surface area contributed by atoms with E-state index in [1.165, 1.54) is 0 Å². The van der Waals surface area contributed by atoms with Crippen molar-refractivity contribution < 1.29 is 13.2 Å². The van der Waals surface area contributed by atoms with Crippen LogP contribution < -0.4 is 10.5 Å². The largest absolute Gasteiger partial charge is 0.341 e. The van der Waals surface area contributed by atoms with Gasteiger partial charge in [0.1, 0.15) is 0 Å². The van der Waals surface area contributed by atoms with Crippen LogP contribution in [0.5, 0.6) is 0 Å². The number of sulfonamides is 1.